The first-order valence-electron chi connectivity index (χ1n) is 10.4. The smallest absolute Gasteiger partial charge is 0.258 e. The maximum atomic E-state index is 5.79. The standard InChI is InChI=1S/C25H26N4OS2/c1-6-13-29-17(4)21(22(26-25(29)31)19-8-7-15(2)16(3)14-19)24-27-23(28-30-24)18-9-11-20(32-5)12-10-18/h6-12,14,22H,1,13H2,2-5H3,(H,26,31). The molecule has 1 aromatic heterocycles. The van der Waals surface area contributed by atoms with Crippen molar-refractivity contribution in [3.8, 4) is 11.4 Å². The van der Waals surface area contributed by atoms with E-state index in [-0.39, 0.29) is 6.04 Å². The van der Waals surface area contributed by atoms with Crippen molar-refractivity contribution in [2.45, 2.75) is 31.7 Å². The molecule has 0 bridgehead atoms. The molecule has 0 fully saturated rings. The van der Waals surface area contributed by atoms with E-state index in [4.69, 9.17) is 21.7 Å². The number of thiocarbonyl (C=S) groups is 1. The number of aryl methyl sites for hydroxylation is 2. The summed E-state index contributed by atoms with van der Waals surface area (Å²) in [5.41, 5.74) is 6.39. The first-order valence-corrected chi connectivity index (χ1v) is 12.0. The molecule has 1 aliphatic heterocycles. The molecule has 4 rings (SSSR count). The van der Waals surface area contributed by atoms with Gasteiger partial charge >= 0.3 is 0 Å². The first kappa shape index (κ1) is 22.3. The number of hydrogen-bond donors (Lipinski definition) is 1. The summed E-state index contributed by atoms with van der Waals surface area (Å²) in [5.74, 6) is 1.05. The molecule has 1 atom stereocenters. The number of hydrogen-bond acceptors (Lipinski definition) is 5. The predicted octanol–water partition coefficient (Wildman–Crippen LogP) is 5.92. The average Bonchev–Trinajstić information content (AvgIpc) is 3.28. The molecule has 1 N–H and O–H groups in total. The Labute approximate surface area is 198 Å². The van der Waals surface area contributed by atoms with Crippen LogP contribution in [0.15, 0.2) is 70.2 Å². The second kappa shape index (κ2) is 9.30. The second-order valence-electron chi connectivity index (χ2n) is 7.78. The van der Waals surface area contributed by atoms with Crippen LogP contribution in [0.3, 0.4) is 0 Å². The molecule has 2 aromatic carbocycles. The highest BCUT2D eigenvalue weighted by Crippen LogP contribution is 2.38. The van der Waals surface area contributed by atoms with Crippen LogP contribution < -0.4 is 5.32 Å². The molecule has 7 heteroatoms. The van der Waals surface area contributed by atoms with Crippen molar-refractivity contribution in [2.24, 2.45) is 0 Å². The lowest BCUT2D eigenvalue weighted by molar-refractivity contribution is 0.399. The summed E-state index contributed by atoms with van der Waals surface area (Å²) in [7, 11) is 0. The summed E-state index contributed by atoms with van der Waals surface area (Å²) in [5, 5.41) is 8.41. The highest BCUT2D eigenvalue weighted by Gasteiger charge is 2.33. The van der Waals surface area contributed by atoms with Gasteiger partial charge in [-0.25, -0.2) is 0 Å². The summed E-state index contributed by atoms with van der Waals surface area (Å²) < 4.78 is 5.79. The fraction of sp³-hybridized carbons (Fsp3) is 0.240. The Morgan fingerprint density at radius 3 is 2.56 bits per heavy atom. The molecule has 3 aromatic rings. The first-order chi connectivity index (χ1) is 15.4. The minimum absolute atomic E-state index is 0.185. The molecule has 0 radical (unpaired) electrons. The lowest BCUT2D eigenvalue weighted by atomic mass is 9.92. The second-order valence-corrected chi connectivity index (χ2v) is 9.04. The molecule has 1 unspecified atom stereocenters. The van der Waals surface area contributed by atoms with E-state index in [9.17, 15) is 0 Å². The minimum Gasteiger partial charge on any atom is -0.351 e. The van der Waals surface area contributed by atoms with Crippen LogP contribution in [0.2, 0.25) is 0 Å². The maximum Gasteiger partial charge on any atom is 0.258 e. The lowest BCUT2D eigenvalue weighted by Crippen LogP contribution is -2.45. The molecule has 5 nitrogen and oxygen atoms in total. The van der Waals surface area contributed by atoms with Gasteiger partial charge in [0.05, 0.1) is 11.6 Å². The van der Waals surface area contributed by atoms with Gasteiger partial charge < -0.3 is 14.7 Å². The van der Waals surface area contributed by atoms with Crippen LogP contribution >= 0.6 is 24.0 Å². The van der Waals surface area contributed by atoms with Crippen LogP contribution in [-0.4, -0.2) is 33.0 Å². The van der Waals surface area contributed by atoms with Gasteiger partial charge in [0.25, 0.3) is 5.89 Å². The van der Waals surface area contributed by atoms with Gasteiger partial charge in [0.1, 0.15) is 0 Å². The van der Waals surface area contributed by atoms with Crippen LogP contribution in [0, 0.1) is 13.8 Å². The van der Waals surface area contributed by atoms with E-state index in [1.807, 2.05) is 30.0 Å². The zero-order valence-corrected chi connectivity index (χ0v) is 20.3. The summed E-state index contributed by atoms with van der Waals surface area (Å²) >= 11 is 7.38. The molecular formula is C25H26N4OS2. The number of aromatic nitrogens is 2. The van der Waals surface area contributed by atoms with Crippen LogP contribution in [0.4, 0.5) is 0 Å². The van der Waals surface area contributed by atoms with Crippen LogP contribution in [0.1, 0.15) is 35.5 Å². The highest BCUT2D eigenvalue weighted by atomic mass is 32.2. The van der Waals surface area contributed by atoms with E-state index < -0.39 is 0 Å². The predicted molar refractivity (Wildman–Crippen MR) is 135 cm³/mol. The summed E-state index contributed by atoms with van der Waals surface area (Å²) in [6, 6.07) is 14.4. The normalized spacial score (nSPS) is 16.3. The number of benzene rings is 2. The lowest BCUT2D eigenvalue weighted by Gasteiger charge is -2.37. The molecular weight excluding hydrogens is 436 g/mol. The monoisotopic (exact) mass is 462 g/mol. The Morgan fingerprint density at radius 2 is 1.91 bits per heavy atom. The number of rotatable bonds is 6. The van der Waals surface area contributed by atoms with Crippen molar-refractivity contribution in [3.63, 3.8) is 0 Å². The Hall–Kier alpha value is -2.90. The molecule has 0 saturated heterocycles. The van der Waals surface area contributed by atoms with Crippen molar-refractivity contribution in [1.29, 1.82) is 0 Å². The van der Waals surface area contributed by atoms with Crippen LogP contribution in [0.25, 0.3) is 17.0 Å². The Kier molecular flexibility index (Phi) is 6.48. The molecule has 32 heavy (non-hydrogen) atoms. The van der Waals surface area contributed by atoms with E-state index in [0.717, 1.165) is 22.4 Å². The third-order valence-corrected chi connectivity index (χ3v) is 6.86. The number of nitrogens with zero attached hydrogens (tertiary/aromatic N) is 3. The minimum atomic E-state index is -0.185. The number of allylic oxidation sites excluding steroid dienone is 1. The Morgan fingerprint density at radius 1 is 1.16 bits per heavy atom. The fourth-order valence-electron chi connectivity index (χ4n) is 3.79. The zero-order chi connectivity index (χ0) is 22.8. The quantitative estimate of drug-likeness (QED) is 0.277. The Balaban J connectivity index is 1.80. The van der Waals surface area contributed by atoms with Gasteiger partial charge in [-0.3, -0.25) is 0 Å². The van der Waals surface area contributed by atoms with Gasteiger partial charge in [0.2, 0.25) is 5.82 Å². The van der Waals surface area contributed by atoms with Gasteiger partial charge in [0.15, 0.2) is 5.11 Å². The number of thioether (sulfide) groups is 1. The van der Waals surface area contributed by atoms with Gasteiger partial charge in [-0.1, -0.05) is 29.4 Å². The third-order valence-electron chi connectivity index (χ3n) is 5.78. The van der Waals surface area contributed by atoms with Crippen LogP contribution in [-0.2, 0) is 0 Å². The van der Waals surface area contributed by atoms with Gasteiger partial charge in [0, 0.05) is 22.7 Å². The third kappa shape index (κ3) is 4.23. The Bertz CT molecular complexity index is 1200. The van der Waals surface area contributed by atoms with E-state index in [1.165, 1.54) is 16.0 Å². The van der Waals surface area contributed by atoms with Crippen molar-refractivity contribution in [2.75, 3.05) is 12.8 Å². The molecule has 0 spiro atoms. The van der Waals surface area contributed by atoms with Crippen molar-refractivity contribution < 1.29 is 4.52 Å². The number of nitrogens with one attached hydrogen (secondary N) is 1. The van der Waals surface area contributed by atoms with Crippen molar-refractivity contribution in [1.82, 2.24) is 20.4 Å². The summed E-state index contributed by atoms with van der Waals surface area (Å²) in [6.07, 6.45) is 3.89. The fourth-order valence-corrected chi connectivity index (χ4v) is 4.53. The van der Waals surface area contributed by atoms with Crippen molar-refractivity contribution >= 4 is 34.7 Å². The summed E-state index contributed by atoms with van der Waals surface area (Å²) in [6.45, 7) is 10.7. The molecule has 0 saturated carbocycles. The van der Waals surface area contributed by atoms with E-state index in [2.05, 4.69) is 67.5 Å². The van der Waals surface area contributed by atoms with Gasteiger partial charge in [-0.2, -0.15) is 4.98 Å². The summed E-state index contributed by atoms with van der Waals surface area (Å²) in [4.78, 5) is 7.96. The SMILES string of the molecule is C=CCN1C(=S)NC(c2ccc(C)c(C)c2)C(c2nc(-c3ccc(SC)cc3)no2)=C1C. The largest absolute Gasteiger partial charge is 0.351 e. The molecule has 2 heterocycles. The van der Waals surface area contributed by atoms with Crippen LogP contribution in [0.5, 0.6) is 0 Å². The van der Waals surface area contributed by atoms with Crippen molar-refractivity contribution in [3.05, 3.63) is 83.4 Å². The molecule has 0 amide bonds. The van der Waals surface area contributed by atoms with Gasteiger partial charge in [-0.15, -0.1) is 18.3 Å². The molecule has 0 aliphatic carbocycles. The topological polar surface area (TPSA) is 54.2 Å². The molecule has 164 valence electrons. The van der Waals surface area contributed by atoms with E-state index in [1.54, 1.807) is 11.8 Å². The van der Waals surface area contributed by atoms with Gasteiger partial charge in [-0.05, 0) is 80.2 Å². The molecule has 1 aliphatic rings. The van der Waals surface area contributed by atoms with E-state index in [0.29, 0.717) is 23.4 Å². The zero-order valence-electron chi connectivity index (χ0n) is 18.7. The maximum absolute atomic E-state index is 5.79. The average molecular weight is 463 g/mol. The van der Waals surface area contributed by atoms with E-state index >= 15 is 0 Å². The highest BCUT2D eigenvalue weighted by molar-refractivity contribution is 7.98.